The summed E-state index contributed by atoms with van der Waals surface area (Å²) in [6.07, 6.45) is 0. The van der Waals surface area contributed by atoms with E-state index in [-0.39, 0.29) is 32.3 Å². The van der Waals surface area contributed by atoms with E-state index >= 15 is 0 Å². The van der Waals surface area contributed by atoms with Crippen LogP contribution in [0.1, 0.15) is 5.56 Å². The lowest BCUT2D eigenvalue weighted by atomic mass is 10.2. The van der Waals surface area contributed by atoms with Crippen molar-refractivity contribution in [1.82, 2.24) is 0 Å². The van der Waals surface area contributed by atoms with Gasteiger partial charge in [-0.2, -0.15) is 13.2 Å². The van der Waals surface area contributed by atoms with Crippen molar-refractivity contribution in [3.63, 3.8) is 0 Å². The van der Waals surface area contributed by atoms with Gasteiger partial charge in [-0.05, 0) is 49.0 Å². The first-order valence-electron chi connectivity index (χ1n) is 6.22. The van der Waals surface area contributed by atoms with Crippen LogP contribution in [-0.2, 0) is 10.0 Å². The van der Waals surface area contributed by atoms with E-state index in [0.717, 1.165) is 17.7 Å². The molecule has 0 saturated carbocycles. The number of hydrogen-bond donors (Lipinski definition) is 1. The summed E-state index contributed by atoms with van der Waals surface area (Å²) in [5, 5.41) is -0.184. The minimum Gasteiger partial charge on any atom is -0.280 e. The van der Waals surface area contributed by atoms with Crippen LogP contribution in [0.25, 0.3) is 0 Å². The van der Waals surface area contributed by atoms with Gasteiger partial charge in [-0.1, -0.05) is 29.3 Å². The van der Waals surface area contributed by atoms with E-state index in [4.69, 9.17) is 11.6 Å². The van der Waals surface area contributed by atoms with Crippen LogP contribution >= 0.6 is 23.4 Å². The molecule has 3 nitrogen and oxygen atoms in total. The van der Waals surface area contributed by atoms with E-state index < -0.39 is 15.5 Å². The van der Waals surface area contributed by atoms with Gasteiger partial charge in [0.15, 0.2) is 0 Å². The average Bonchev–Trinajstić information content (AvgIpc) is 2.41. The molecule has 0 aliphatic rings. The molecule has 0 atom stereocenters. The van der Waals surface area contributed by atoms with Crippen molar-refractivity contribution in [3.8, 4) is 0 Å². The maximum atomic E-state index is 12.3. The third kappa shape index (κ3) is 5.05. The molecule has 2 rings (SSSR count). The number of halogens is 4. The van der Waals surface area contributed by atoms with Crippen LogP contribution in [0.5, 0.6) is 0 Å². The number of aryl methyl sites for hydroxylation is 1. The van der Waals surface area contributed by atoms with E-state index in [1.165, 1.54) is 18.2 Å². The van der Waals surface area contributed by atoms with E-state index in [1.54, 1.807) is 12.1 Å². The van der Waals surface area contributed by atoms with Gasteiger partial charge >= 0.3 is 5.51 Å². The predicted molar refractivity (Wildman–Crippen MR) is 85.4 cm³/mol. The molecule has 1 N–H and O–H groups in total. The molecule has 2 aromatic carbocycles. The van der Waals surface area contributed by atoms with Crippen molar-refractivity contribution in [2.24, 2.45) is 0 Å². The summed E-state index contributed by atoms with van der Waals surface area (Å²) in [5.41, 5.74) is -3.48. The number of rotatable bonds is 4. The zero-order chi connectivity index (χ0) is 17.3. The number of nitrogens with one attached hydrogen (secondary N) is 1. The second-order valence-corrected chi connectivity index (χ2v) is 7.81. The fourth-order valence-corrected chi connectivity index (χ4v) is 3.59. The monoisotopic (exact) mass is 381 g/mol. The summed E-state index contributed by atoms with van der Waals surface area (Å²) < 4.78 is 63.7. The molecule has 0 spiro atoms. The number of sulfonamides is 1. The minimum atomic E-state index is -4.47. The average molecular weight is 382 g/mol. The maximum Gasteiger partial charge on any atom is 0.446 e. The quantitative estimate of drug-likeness (QED) is 0.753. The summed E-state index contributed by atoms with van der Waals surface area (Å²) in [6.45, 7) is 1.82. The Morgan fingerprint density at radius 1 is 1.09 bits per heavy atom. The summed E-state index contributed by atoms with van der Waals surface area (Å²) >= 11 is 5.42. The molecule has 0 aliphatic heterocycles. The van der Waals surface area contributed by atoms with Crippen LogP contribution in [-0.4, -0.2) is 13.9 Å². The lowest BCUT2D eigenvalue weighted by molar-refractivity contribution is -0.0328. The number of thioether (sulfide) groups is 1. The van der Waals surface area contributed by atoms with Crippen LogP contribution in [0.3, 0.4) is 0 Å². The van der Waals surface area contributed by atoms with Crippen LogP contribution in [0.2, 0.25) is 5.02 Å². The van der Waals surface area contributed by atoms with Crippen molar-refractivity contribution in [3.05, 3.63) is 53.1 Å². The fourth-order valence-electron chi connectivity index (χ4n) is 1.70. The van der Waals surface area contributed by atoms with Gasteiger partial charge in [-0.15, -0.1) is 0 Å². The van der Waals surface area contributed by atoms with Gasteiger partial charge in [0.2, 0.25) is 0 Å². The third-order valence-electron chi connectivity index (χ3n) is 2.74. The van der Waals surface area contributed by atoms with Gasteiger partial charge in [0.05, 0.1) is 15.6 Å². The highest BCUT2D eigenvalue weighted by atomic mass is 35.5. The molecular formula is C14H11ClF3NO2S2. The Hall–Kier alpha value is -1.38. The first kappa shape index (κ1) is 18.0. The summed E-state index contributed by atoms with van der Waals surface area (Å²) in [6, 6.07) is 9.65. The number of alkyl halides is 3. The molecule has 0 bridgehead atoms. The second-order valence-electron chi connectivity index (χ2n) is 4.61. The summed E-state index contributed by atoms with van der Waals surface area (Å²) in [5.74, 6) is 0. The largest absolute Gasteiger partial charge is 0.446 e. The lowest BCUT2D eigenvalue weighted by Crippen LogP contribution is -2.13. The first-order chi connectivity index (χ1) is 10.6. The second kappa shape index (κ2) is 6.62. The van der Waals surface area contributed by atoms with Gasteiger partial charge in [0, 0.05) is 4.90 Å². The Balaban J connectivity index is 2.23. The van der Waals surface area contributed by atoms with Gasteiger partial charge in [0.1, 0.15) is 0 Å². The minimum absolute atomic E-state index is 0.0490. The molecule has 0 heterocycles. The maximum absolute atomic E-state index is 12.3. The van der Waals surface area contributed by atoms with Gasteiger partial charge in [-0.3, -0.25) is 4.72 Å². The lowest BCUT2D eigenvalue weighted by Gasteiger charge is -2.11. The zero-order valence-electron chi connectivity index (χ0n) is 11.7. The van der Waals surface area contributed by atoms with E-state index in [2.05, 4.69) is 4.72 Å². The van der Waals surface area contributed by atoms with E-state index in [1.807, 2.05) is 6.92 Å². The fraction of sp³-hybridized carbons (Fsp3) is 0.143. The van der Waals surface area contributed by atoms with Gasteiger partial charge in [0.25, 0.3) is 10.0 Å². The highest BCUT2D eigenvalue weighted by Crippen LogP contribution is 2.41. The van der Waals surface area contributed by atoms with Gasteiger partial charge < -0.3 is 0 Å². The molecule has 23 heavy (non-hydrogen) atoms. The predicted octanol–water partition coefficient (Wildman–Crippen LogP) is 5.06. The molecule has 0 aromatic heterocycles. The van der Waals surface area contributed by atoms with E-state index in [9.17, 15) is 21.6 Å². The van der Waals surface area contributed by atoms with Crippen molar-refractivity contribution in [2.75, 3.05) is 4.72 Å². The summed E-state index contributed by atoms with van der Waals surface area (Å²) in [4.78, 5) is -0.148. The highest BCUT2D eigenvalue weighted by molar-refractivity contribution is 8.00. The van der Waals surface area contributed by atoms with Crippen LogP contribution in [0.4, 0.5) is 18.9 Å². The number of benzene rings is 2. The van der Waals surface area contributed by atoms with Crippen molar-refractivity contribution >= 4 is 39.1 Å². The van der Waals surface area contributed by atoms with Crippen LogP contribution < -0.4 is 4.72 Å². The summed E-state index contributed by atoms with van der Waals surface area (Å²) in [7, 11) is -3.83. The van der Waals surface area contributed by atoms with Crippen molar-refractivity contribution < 1.29 is 21.6 Å². The molecule has 2 aromatic rings. The van der Waals surface area contributed by atoms with Gasteiger partial charge in [-0.25, -0.2) is 8.42 Å². The molecule has 0 amide bonds. The van der Waals surface area contributed by atoms with E-state index in [0.29, 0.717) is 0 Å². The normalized spacial score (nSPS) is 12.2. The Morgan fingerprint density at radius 3 is 2.22 bits per heavy atom. The Labute approximate surface area is 140 Å². The zero-order valence-corrected chi connectivity index (χ0v) is 14.1. The van der Waals surface area contributed by atoms with Crippen molar-refractivity contribution in [1.29, 1.82) is 0 Å². The molecule has 9 heteroatoms. The smallest absolute Gasteiger partial charge is 0.280 e. The Bertz CT molecular complexity index is 806. The van der Waals surface area contributed by atoms with Crippen LogP contribution in [0, 0.1) is 6.92 Å². The SMILES string of the molecule is Cc1ccc(S(=O)(=O)Nc2ccc(SC(F)(F)F)c(Cl)c2)cc1. The number of anilines is 1. The Kier molecular flexibility index (Phi) is 5.17. The molecular weight excluding hydrogens is 371 g/mol. The molecule has 0 aliphatic carbocycles. The topological polar surface area (TPSA) is 46.2 Å². The molecule has 0 fully saturated rings. The van der Waals surface area contributed by atoms with Crippen molar-refractivity contribution in [2.45, 2.75) is 22.2 Å². The molecule has 0 radical (unpaired) electrons. The standard InChI is InChI=1S/C14H11ClF3NO2S2/c1-9-2-5-11(6-3-9)23(20,21)19-10-4-7-13(12(15)8-10)22-14(16,17)18/h2-8,19H,1H3. The first-order valence-corrected chi connectivity index (χ1v) is 8.89. The molecule has 124 valence electrons. The molecule has 0 saturated heterocycles. The highest BCUT2D eigenvalue weighted by Gasteiger charge is 2.30. The molecule has 0 unspecified atom stereocenters. The Morgan fingerprint density at radius 2 is 1.70 bits per heavy atom. The number of hydrogen-bond acceptors (Lipinski definition) is 3. The third-order valence-corrected chi connectivity index (χ3v) is 5.37. The van der Waals surface area contributed by atoms with Crippen LogP contribution in [0.15, 0.2) is 52.3 Å².